The lowest BCUT2D eigenvalue weighted by molar-refractivity contribution is 0.0974. The molecular weight excluding hydrogens is 372 g/mol. The molecule has 1 aliphatic heterocycles. The molecule has 0 spiro atoms. The molecule has 4 heteroatoms. The van der Waals surface area contributed by atoms with Crippen LogP contribution in [0.25, 0.3) is 0 Å². The third-order valence-corrected chi connectivity index (χ3v) is 5.79. The predicted octanol–water partition coefficient (Wildman–Crippen LogP) is 5.90. The Balaban J connectivity index is 1.69. The number of rotatable bonds is 4. The second kappa shape index (κ2) is 8.23. The van der Waals surface area contributed by atoms with Gasteiger partial charge in [-0.2, -0.15) is 0 Å². The van der Waals surface area contributed by atoms with E-state index in [4.69, 9.17) is 4.74 Å². The first kappa shape index (κ1) is 20.0. The van der Waals surface area contributed by atoms with Crippen LogP contribution >= 0.6 is 0 Å². The smallest absolute Gasteiger partial charge is 0.258 e. The lowest BCUT2D eigenvalue weighted by atomic mass is 9.90. The summed E-state index contributed by atoms with van der Waals surface area (Å²) in [5, 5.41) is 3.67. The summed E-state index contributed by atoms with van der Waals surface area (Å²) in [4.78, 5) is 15.4. The Kier molecular flexibility index (Phi) is 5.49. The first-order valence-corrected chi connectivity index (χ1v) is 10.4. The molecule has 2 atom stereocenters. The molecule has 3 aromatic rings. The minimum Gasteiger partial charge on any atom is -0.497 e. The van der Waals surface area contributed by atoms with Gasteiger partial charge in [0.1, 0.15) is 5.75 Å². The van der Waals surface area contributed by atoms with E-state index in [-0.39, 0.29) is 18.0 Å². The number of methoxy groups -OCH3 is 1. The van der Waals surface area contributed by atoms with Crippen molar-refractivity contribution in [3.63, 3.8) is 0 Å². The minimum absolute atomic E-state index is 0.0192. The number of hydrogen-bond acceptors (Lipinski definition) is 3. The summed E-state index contributed by atoms with van der Waals surface area (Å²) >= 11 is 0. The molecule has 154 valence electrons. The lowest BCUT2D eigenvalue weighted by Gasteiger charge is -2.40. The van der Waals surface area contributed by atoms with Crippen LogP contribution in [0.1, 0.15) is 46.4 Å². The van der Waals surface area contributed by atoms with Gasteiger partial charge in [0.05, 0.1) is 13.2 Å². The molecule has 1 heterocycles. The topological polar surface area (TPSA) is 41.6 Å². The summed E-state index contributed by atoms with van der Waals surface area (Å²) in [6.07, 6.45) is 0.839. The summed E-state index contributed by atoms with van der Waals surface area (Å²) in [6, 6.07) is 22.4. The average molecular weight is 401 g/mol. The van der Waals surface area contributed by atoms with Crippen molar-refractivity contribution in [1.29, 1.82) is 0 Å². The number of carbonyl (C=O) groups is 1. The van der Waals surface area contributed by atoms with Gasteiger partial charge in [0.25, 0.3) is 5.91 Å². The Labute approximate surface area is 178 Å². The van der Waals surface area contributed by atoms with Crippen LogP contribution in [0.2, 0.25) is 0 Å². The van der Waals surface area contributed by atoms with Crippen LogP contribution in [-0.4, -0.2) is 19.1 Å². The van der Waals surface area contributed by atoms with E-state index in [1.165, 1.54) is 5.56 Å². The van der Waals surface area contributed by atoms with Gasteiger partial charge in [-0.1, -0.05) is 29.8 Å². The summed E-state index contributed by atoms with van der Waals surface area (Å²) in [5.74, 6) is 0.766. The molecule has 3 aromatic carbocycles. The molecule has 0 radical (unpaired) electrons. The van der Waals surface area contributed by atoms with Gasteiger partial charge in [-0.25, -0.2) is 0 Å². The van der Waals surface area contributed by atoms with Crippen molar-refractivity contribution in [3.05, 3.63) is 89.0 Å². The van der Waals surface area contributed by atoms with Crippen molar-refractivity contribution in [2.45, 2.75) is 39.3 Å². The number of anilines is 2. The van der Waals surface area contributed by atoms with E-state index in [0.717, 1.165) is 34.7 Å². The molecule has 0 aromatic heterocycles. The van der Waals surface area contributed by atoms with Crippen LogP contribution in [0, 0.1) is 13.8 Å². The third-order valence-electron chi connectivity index (χ3n) is 5.79. The molecule has 0 saturated heterocycles. The fourth-order valence-corrected chi connectivity index (χ4v) is 4.14. The van der Waals surface area contributed by atoms with Crippen molar-refractivity contribution < 1.29 is 9.53 Å². The number of fused-ring (bicyclic) bond motifs is 1. The van der Waals surface area contributed by atoms with Crippen LogP contribution in [0.15, 0.2) is 66.7 Å². The Morgan fingerprint density at radius 2 is 1.63 bits per heavy atom. The molecule has 0 aliphatic carbocycles. The fourth-order valence-electron chi connectivity index (χ4n) is 4.14. The van der Waals surface area contributed by atoms with E-state index in [1.807, 2.05) is 29.2 Å². The van der Waals surface area contributed by atoms with E-state index in [0.29, 0.717) is 5.56 Å². The first-order valence-electron chi connectivity index (χ1n) is 10.4. The van der Waals surface area contributed by atoms with Gasteiger partial charge in [-0.3, -0.25) is 4.79 Å². The molecule has 1 aliphatic rings. The molecule has 0 fully saturated rings. The lowest BCUT2D eigenvalue weighted by Crippen LogP contribution is -2.44. The monoisotopic (exact) mass is 400 g/mol. The Hall–Kier alpha value is -3.27. The quantitative estimate of drug-likeness (QED) is 0.592. The molecule has 4 nitrogen and oxygen atoms in total. The number of nitrogens with zero attached hydrogens (tertiary/aromatic N) is 1. The summed E-state index contributed by atoms with van der Waals surface area (Å²) < 4.78 is 5.23. The molecule has 0 bridgehead atoms. The largest absolute Gasteiger partial charge is 0.497 e. The van der Waals surface area contributed by atoms with Crippen LogP contribution < -0.4 is 15.0 Å². The Bertz CT molecular complexity index is 1040. The molecule has 0 saturated carbocycles. The highest BCUT2D eigenvalue weighted by atomic mass is 16.5. The van der Waals surface area contributed by atoms with Crippen molar-refractivity contribution in [3.8, 4) is 5.75 Å². The highest BCUT2D eigenvalue weighted by Gasteiger charge is 2.34. The van der Waals surface area contributed by atoms with Crippen LogP contribution in [-0.2, 0) is 0 Å². The van der Waals surface area contributed by atoms with Crippen LogP contribution in [0.3, 0.4) is 0 Å². The highest BCUT2D eigenvalue weighted by Crippen LogP contribution is 2.40. The summed E-state index contributed by atoms with van der Waals surface area (Å²) in [5.41, 5.74) is 6.29. The number of carbonyl (C=O) groups excluding carboxylic acids is 1. The number of benzene rings is 3. The predicted molar refractivity (Wildman–Crippen MR) is 123 cm³/mol. The van der Waals surface area contributed by atoms with Gasteiger partial charge < -0.3 is 15.0 Å². The van der Waals surface area contributed by atoms with Crippen molar-refractivity contribution in [2.24, 2.45) is 0 Å². The van der Waals surface area contributed by atoms with Gasteiger partial charge in [0, 0.05) is 23.0 Å². The maximum absolute atomic E-state index is 13.5. The Morgan fingerprint density at radius 3 is 2.30 bits per heavy atom. The fraction of sp³-hybridized carbons (Fsp3) is 0.269. The van der Waals surface area contributed by atoms with Crippen LogP contribution in [0.4, 0.5) is 11.4 Å². The van der Waals surface area contributed by atoms with Gasteiger partial charge in [0.15, 0.2) is 0 Å². The standard InChI is InChI=1S/C26H28N2O2/c1-17-5-10-21(11-6-17)27-24-16-19(3)28(25-15-18(2)7-14-23(24)25)26(29)20-8-12-22(30-4)13-9-20/h5-15,19,24,27H,16H2,1-4H3/t19-,24-/m0/s1. The molecule has 1 amide bonds. The summed E-state index contributed by atoms with van der Waals surface area (Å²) in [6.45, 7) is 6.28. The van der Waals surface area contributed by atoms with Crippen molar-refractivity contribution in [1.82, 2.24) is 0 Å². The van der Waals surface area contributed by atoms with E-state index in [9.17, 15) is 4.79 Å². The zero-order valence-corrected chi connectivity index (χ0v) is 18.0. The van der Waals surface area contributed by atoms with E-state index >= 15 is 0 Å². The second-order valence-electron chi connectivity index (χ2n) is 8.11. The molecular formula is C26H28N2O2. The first-order chi connectivity index (χ1) is 14.5. The van der Waals surface area contributed by atoms with E-state index in [1.54, 1.807) is 7.11 Å². The maximum atomic E-state index is 13.5. The van der Waals surface area contributed by atoms with Gasteiger partial charge in [0.2, 0.25) is 0 Å². The average Bonchev–Trinajstić information content (AvgIpc) is 2.75. The van der Waals surface area contributed by atoms with Gasteiger partial charge in [-0.15, -0.1) is 0 Å². The maximum Gasteiger partial charge on any atom is 0.258 e. The number of amides is 1. The number of aryl methyl sites for hydroxylation is 2. The second-order valence-corrected chi connectivity index (χ2v) is 8.11. The molecule has 1 N–H and O–H groups in total. The Morgan fingerprint density at radius 1 is 0.967 bits per heavy atom. The third kappa shape index (κ3) is 3.90. The van der Waals surface area contributed by atoms with Crippen molar-refractivity contribution in [2.75, 3.05) is 17.3 Å². The number of hydrogen-bond donors (Lipinski definition) is 1. The molecule has 0 unspecified atom stereocenters. The number of ether oxygens (including phenoxy) is 1. The number of nitrogens with one attached hydrogen (secondary N) is 1. The van der Waals surface area contributed by atoms with Crippen molar-refractivity contribution >= 4 is 17.3 Å². The van der Waals surface area contributed by atoms with Gasteiger partial charge in [-0.05, 0) is 80.8 Å². The minimum atomic E-state index is 0.0192. The zero-order chi connectivity index (χ0) is 21.3. The van der Waals surface area contributed by atoms with E-state index in [2.05, 4.69) is 68.6 Å². The molecule has 4 rings (SSSR count). The van der Waals surface area contributed by atoms with Gasteiger partial charge >= 0.3 is 0 Å². The summed E-state index contributed by atoms with van der Waals surface area (Å²) in [7, 11) is 1.63. The van der Waals surface area contributed by atoms with Crippen LogP contribution in [0.5, 0.6) is 5.75 Å². The van der Waals surface area contributed by atoms with E-state index < -0.39 is 0 Å². The SMILES string of the molecule is COc1ccc(C(=O)N2c3cc(C)ccc3[C@@H](Nc3ccc(C)cc3)C[C@@H]2C)cc1. The normalized spacial score (nSPS) is 17.9. The highest BCUT2D eigenvalue weighted by molar-refractivity contribution is 6.07. The molecule has 30 heavy (non-hydrogen) atoms. The zero-order valence-electron chi connectivity index (χ0n) is 18.0.